The first-order chi connectivity index (χ1) is 15.0. The minimum Gasteiger partial charge on any atom is -0.383 e. The zero-order valence-corrected chi connectivity index (χ0v) is 18.2. The molecule has 1 unspecified atom stereocenters. The monoisotopic (exact) mass is 471 g/mol. The lowest BCUT2D eigenvalue weighted by Gasteiger charge is -2.42. The Bertz CT molecular complexity index is 1150. The summed E-state index contributed by atoms with van der Waals surface area (Å²) in [6, 6.07) is 7.99. The number of nitriles is 1. The van der Waals surface area contributed by atoms with Gasteiger partial charge < -0.3 is 9.64 Å². The number of nitrogens with zero attached hydrogens (tertiary/aromatic N) is 3. The van der Waals surface area contributed by atoms with Crippen LogP contribution in [-0.2, 0) is 20.9 Å². The Morgan fingerprint density at radius 3 is 2.50 bits per heavy atom. The van der Waals surface area contributed by atoms with Gasteiger partial charge in [-0.05, 0) is 42.8 Å². The van der Waals surface area contributed by atoms with Gasteiger partial charge >= 0.3 is 6.18 Å². The van der Waals surface area contributed by atoms with E-state index < -0.39 is 39.2 Å². The van der Waals surface area contributed by atoms with Gasteiger partial charge in [0.2, 0.25) is 10.0 Å². The summed E-state index contributed by atoms with van der Waals surface area (Å²) in [6.07, 6.45) is -4.71. The summed E-state index contributed by atoms with van der Waals surface area (Å²) in [5.41, 5.74) is -1.03. The Morgan fingerprint density at radius 1 is 1.19 bits per heavy atom. The third kappa shape index (κ3) is 4.72. The molecule has 0 spiro atoms. The molecule has 1 aliphatic heterocycles. The topological polar surface area (TPSA) is 73.6 Å². The average molecular weight is 471 g/mol. The molecule has 0 amide bonds. The van der Waals surface area contributed by atoms with Crippen LogP contribution in [0.3, 0.4) is 0 Å². The highest BCUT2D eigenvalue weighted by molar-refractivity contribution is 7.89. The lowest BCUT2D eigenvalue weighted by atomic mass is 10.0. The van der Waals surface area contributed by atoms with E-state index in [0.29, 0.717) is 5.56 Å². The largest absolute Gasteiger partial charge is 0.417 e. The van der Waals surface area contributed by atoms with E-state index in [1.165, 1.54) is 36.5 Å². The standard InChI is InChI=1S/C21H21F4N3O3S/c1-14-3-6-18(10-20(14)22)32(29,30)27-7-8-28(17(12-27)13-31-2)16-5-4-15(11-26)19(9-16)21(23,24)25/h3-6,9-10,17H,7-8,12-13H2,1-2H3. The Labute approximate surface area is 183 Å². The van der Waals surface area contributed by atoms with Crippen molar-refractivity contribution in [2.45, 2.75) is 24.0 Å². The van der Waals surface area contributed by atoms with Crippen LogP contribution in [0.2, 0.25) is 0 Å². The van der Waals surface area contributed by atoms with Crippen LogP contribution in [0.1, 0.15) is 16.7 Å². The first kappa shape index (κ1) is 24.0. The fourth-order valence-corrected chi connectivity index (χ4v) is 5.13. The lowest BCUT2D eigenvalue weighted by molar-refractivity contribution is -0.137. The number of alkyl halides is 3. The van der Waals surface area contributed by atoms with Gasteiger partial charge in [-0.1, -0.05) is 6.07 Å². The van der Waals surface area contributed by atoms with E-state index in [1.54, 1.807) is 11.0 Å². The predicted octanol–water partition coefficient (Wildman–Crippen LogP) is 3.55. The molecule has 0 N–H and O–H groups in total. The van der Waals surface area contributed by atoms with Gasteiger partial charge in [0, 0.05) is 32.4 Å². The van der Waals surface area contributed by atoms with Gasteiger partial charge in [0.1, 0.15) is 5.82 Å². The van der Waals surface area contributed by atoms with E-state index in [4.69, 9.17) is 10.00 Å². The maximum absolute atomic E-state index is 13.9. The van der Waals surface area contributed by atoms with Gasteiger partial charge in [0.05, 0.1) is 34.7 Å². The number of rotatable bonds is 5. The Balaban J connectivity index is 1.92. The summed E-state index contributed by atoms with van der Waals surface area (Å²) >= 11 is 0. The average Bonchev–Trinajstić information content (AvgIpc) is 2.74. The van der Waals surface area contributed by atoms with Gasteiger partial charge in [0.15, 0.2) is 0 Å². The minimum atomic E-state index is -4.71. The number of halogens is 4. The Kier molecular flexibility index (Phi) is 6.78. The summed E-state index contributed by atoms with van der Waals surface area (Å²) in [5.74, 6) is -0.643. The molecular weight excluding hydrogens is 450 g/mol. The third-order valence-electron chi connectivity index (χ3n) is 5.35. The zero-order valence-electron chi connectivity index (χ0n) is 17.4. The second kappa shape index (κ2) is 9.05. The summed E-state index contributed by atoms with van der Waals surface area (Å²) in [4.78, 5) is 1.43. The number of sulfonamides is 1. The summed E-state index contributed by atoms with van der Waals surface area (Å²) in [6.45, 7) is 1.58. The number of ether oxygens (including phenoxy) is 1. The van der Waals surface area contributed by atoms with Crippen LogP contribution in [0.4, 0.5) is 23.2 Å². The van der Waals surface area contributed by atoms with Crippen LogP contribution in [0.5, 0.6) is 0 Å². The molecule has 0 radical (unpaired) electrons. The van der Waals surface area contributed by atoms with E-state index in [9.17, 15) is 26.0 Å². The molecule has 11 heteroatoms. The van der Waals surface area contributed by atoms with Crippen LogP contribution in [0.15, 0.2) is 41.3 Å². The third-order valence-corrected chi connectivity index (χ3v) is 7.21. The highest BCUT2D eigenvalue weighted by atomic mass is 32.2. The number of benzene rings is 2. The van der Waals surface area contributed by atoms with Crippen LogP contribution in [0.25, 0.3) is 0 Å². The minimum absolute atomic E-state index is 0.0145. The molecule has 1 aliphatic rings. The number of hydrogen-bond donors (Lipinski definition) is 0. The SMILES string of the molecule is COCC1CN(S(=O)(=O)c2ccc(C)c(F)c2)CCN1c1ccc(C#N)c(C(F)(F)F)c1. The van der Waals surface area contributed by atoms with Crippen molar-refractivity contribution in [3.05, 3.63) is 58.9 Å². The number of piperazine rings is 1. The molecule has 172 valence electrons. The van der Waals surface area contributed by atoms with Crippen molar-refractivity contribution in [2.24, 2.45) is 0 Å². The summed E-state index contributed by atoms with van der Waals surface area (Å²) in [5, 5.41) is 9.00. The molecule has 32 heavy (non-hydrogen) atoms. The fourth-order valence-electron chi connectivity index (χ4n) is 3.65. The predicted molar refractivity (Wildman–Crippen MR) is 109 cm³/mol. The number of aryl methyl sites for hydroxylation is 1. The number of methoxy groups -OCH3 is 1. The van der Waals surface area contributed by atoms with Gasteiger partial charge in [-0.15, -0.1) is 0 Å². The van der Waals surface area contributed by atoms with Crippen molar-refractivity contribution in [1.82, 2.24) is 4.31 Å². The normalized spacial score (nSPS) is 17.9. The van der Waals surface area contributed by atoms with Crippen molar-refractivity contribution in [3.63, 3.8) is 0 Å². The molecule has 3 rings (SSSR count). The first-order valence-corrected chi connectivity index (χ1v) is 11.1. The van der Waals surface area contributed by atoms with E-state index in [2.05, 4.69) is 0 Å². The second-order valence-corrected chi connectivity index (χ2v) is 9.35. The maximum Gasteiger partial charge on any atom is 0.417 e. The highest BCUT2D eigenvalue weighted by Gasteiger charge is 2.37. The molecule has 0 bridgehead atoms. The number of anilines is 1. The molecule has 0 aromatic heterocycles. The second-order valence-electron chi connectivity index (χ2n) is 7.42. The molecule has 6 nitrogen and oxygen atoms in total. The van der Waals surface area contributed by atoms with Crippen molar-refractivity contribution in [3.8, 4) is 6.07 Å². The van der Waals surface area contributed by atoms with Crippen molar-refractivity contribution in [2.75, 3.05) is 38.3 Å². The molecule has 2 aromatic rings. The van der Waals surface area contributed by atoms with Crippen LogP contribution < -0.4 is 4.90 Å². The summed E-state index contributed by atoms with van der Waals surface area (Å²) in [7, 11) is -2.61. The van der Waals surface area contributed by atoms with Crippen LogP contribution in [0, 0.1) is 24.1 Å². The molecular formula is C21H21F4N3O3S. The Hall–Kier alpha value is -2.68. The van der Waals surface area contributed by atoms with Crippen molar-refractivity contribution >= 4 is 15.7 Å². The van der Waals surface area contributed by atoms with E-state index in [1.807, 2.05) is 0 Å². The van der Waals surface area contributed by atoms with Crippen LogP contribution in [-0.4, -0.2) is 52.1 Å². The van der Waals surface area contributed by atoms with Crippen molar-refractivity contribution < 1.29 is 30.7 Å². The molecule has 1 fully saturated rings. The highest BCUT2D eigenvalue weighted by Crippen LogP contribution is 2.35. The smallest absolute Gasteiger partial charge is 0.383 e. The number of hydrogen-bond acceptors (Lipinski definition) is 5. The maximum atomic E-state index is 13.9. The fraction of sp³-hybridized carbons (Fsp3) is 0.381. The Morgan fingerprint density at radius 2 is 1.91 bits per heavy atom. The van der Waals surface area contributed by atoms with Gasteiger partial charge in [0.25, 0.3) is 0 Å². The molecule has 2 aromatic carbocycles. The molecule has 0 saturated carbocycles. The van der Waals surface area contributed by atoms with Gasteiger partial charge in [-0.3, -0.25) is 0 Å². The van der Waals surface area contributed by atoms with Gasteiger partial charge in [-0.2, -0.15) is 22.7 Å². The molecule has 1 heterocycles. The van der Waals surface area contributed by atoms with E-state index >= 15 is 0 Å². The first-order valence-electron chi connectivity index (χ1n) is 9.62. The molecule has 0 aliphatic carbocycles. The van der Waals surface area contributed by atoms with E-state index in [-0.39, 0.29) is 36.8 Å². The van der Waals surface area contributed by atoms with E-state index in [0.717, 1.165) is 18.2 Å². The van der Waals surface area contributed by atoms with Crippen LogP contribution >= 0.6 is 0 Å². The van der Waals surface area contributed by atoms with Gasteiger partial charge in [-0.25, -0.2) is 12.8 Å². The zero-order chi connectivity index (χ0) is 23.7. The quantitative estimate of drug-likeness (QED) is 0.624. The molecule has 1 atom stereocenters. The molecule has 1 saturated heterocycles. The summed E-state index contributed by atoms with van der Waals surface area (Å²) < 4.78 is 86.5. The van der Waals surface area contributed by atoms with Crippen molar-refractivity contribution in [1.29, 1.82) is 5.26 Å². The lowest BCUT2D eigenvalue weighted by Crippen LogP contribution is -2.56.